The largest absolute Gasteiger partial charge is 0.508 e. The van der Waals surface area contributed by atoms with Gasteiger partial charge in [0.25, 0.3) is 5.24 Å². The van der Waals surface area contributed by atoms with Gasteiger partial charge in [-0.25, -0.2) is 9.53 Å². The summed E-state index contributed by atoms with van der Waals surface area (Å²) in [5, 5.41) is 3.55. The first-order valence-electron chi connectivity index (χ1n) is 5.38. The number of methoxy groups -OCH3 is 1. The molecule has 0 atom stereocenters. The number of halogens is 1. The van der Waals surface area contributed by atoms with Crippen LogP contribution in [0.4, 0.5) is 5.69 Å². The second kappa shape index (κ2) is 5.12. The highest BCUT2D eigenvalue weighted by Crippen LogP contribution is 2.30. The molecular formula is C13H10ClN3O2. The summed E-state index contributed by atoms with van der Waals surface area (Å²) in [5.74, 6) is 0.497. The van der Waals surface area contributed by atoms with Gasteiger partial charge in [-0.15, -0.1) is 0 Å². The highest BCUT2D eigenvalue weighted by Gasteiger charge is 2.14. The molecule has 0 saturated carbocycles. The van der Waals surface area contributed by atoms with Gasteiger partial charge < -0.3 is 4.74 Å². The third kappa shape index (κ3) is 2.30. The van der Waals surface area contributed by atoms with Gasteiger partial charge >= 0.3 is 0 Å². The lowest BCUT2D eigenvalue weighted by molar-refractivity contribution is 0.108. The van der Waals surface area contributed by atoms with Crippen molar-refractivity contribution in [1.82, 2.24) is 9.78 Å². The van der Waals surface area contributed by atoms with E-state index >= 15 is 0 Å². The van der Waals surface area contributed by atoms with Crippen molar-refractivity contribution in [2.75, 3.05) is 7.11 Å². The minimum absolute atomic E-state index is 0.349. The quantitative estimate of drug-likeness (QED) is 0.639. The zero-order chi connectivity index (χ0) is 14.0. The van der Waals surface area contributed by atoms with Crippen molar-refractivity contribution in [3.05, 3.63) is 47.1 Å². The molecule has 96 valence electrons. The third-order valence-electron chi connectivity index (χ3n) is 2.75. The first-order valence-corrected chi connectivity index (χ1v) is 5.76. The topological polar surface area (TPSA) is 48.5 Å². The van der Waals surface area contributed by atoms with E-state index in [1.807, 2.05) is 0 Å². The van der Waals surface area contributed by atoms with Gasteiger partial charge in [-0.3, -0.25) is 4.79 Å². The predicted molar refractivity (Wildman–Crippen MR) is 71.3 cm³/mol. The lowest BCUT2D eigenvalue weighted by atomic mass is 10.2. The molecule has 0 unspecified atom stereocenters. The maximum absolute atomic E-state index is 11.2. The Balaban J connectivity index is 2.54. The van der Waals surface area contributed by atoms with Crippen molar-refractivity contribution in [3.63, 3.8) is 0 Å². The van der Waals surface area contributed by atoms with Crippen LogP contribution in [0.15, 0.2) is 24.4 Å². The summed E-state index contributed by atoms with van der Waals surface area (Å²) in [4.78, 5) is 14.6. The summed E-state index contributed by atoms with van der Waals surface area (Å²) < 4.78 is 6.64. The van der Waals surface area contributed by atoms with Crippen LogP contribution < -0.4 is 4.74 Å². The molecule has 6 heteroatoms. The van der Waals surface area contributed by atoms with Crippen LogP contribution in [0.5, 0.6) is 5.75 Å². The van der Waals surface area contributed by atoms with Crippen LogP contribution in [-0.4, -0.2) is 22.1 Å². The summed E-state index contributed by atoms with van der Waals surface area (Å²) in [7, 11) is 1.51. The molecule has 0 aliphatic rings. The van der Waals surface area contributed by atoms with Crippen molar-refractivity contribution in [2.45, 2.75) is 6.92 Å². The molecule has 0 aliphatic carbocycles. The number of benzene rings is 1. The summed E-state index contributed by atoms with van der Waals surface area (Å²) >= 11 is 5.45. The molecule has 0 fully saturated rings. The molecule has 0 N–H and O–H groups in total. The summed E-state index contributed by atoms with van der Waals surface area (Å²) in [6.07, 6.45) is 1.41. The van der Waals surface area contributed by atoms with Crippen LogP contribution in [0.3, 0.4) is 0 Å². The van der Waals surface area contributed by atoms with Crippen LogP contribution in [-0.2, 0) is 0 Å². The Labute approximate surface area is 115 Å². The Bertz CT molecular complexity index is 686. The van der Waals surface area contributed by atoms with Crippen molar-refractivity contribution in [2.24, 2.45) is 0 Å². The van der Waals surface area contributed by atoms with Gasteiger partial charge in [0, 0.05) is 0 Å². The van der Waals surface area contributed by atoms with Crippen molar-refractivity contribution in [1.29, 1.82) is 0 Å². The van der Waals surface area contributed by atoms with Crippen molar-refractivity contribution in [3.8, 4) is 11.4 Å². The van der Waals surface area contributed by atoms with Crippen LogP contribution in [0, 0.1) is 13.5 Å². The van der Waals surface area contributed by atoms with Gasteiger partial charge in [0.2, 0.25) is 5.69 Å². The molecule has 1 heterocycles. The van der Waals surface area contributed by atoms with Gasteiger partial charge in [-0.05, 0) is 36.7 Å². The molecule has 2 aromatic rings. The molecule has 1 aromatic heterocycles. The molecule has 0 spiro atoms. The van der Waals surface area contributed by atoms with Crippen LogP contribution in [0.1, 0.15) is 16.1 Å². The lowest BCUT2D eigenvalue weighted by Gasteiger charge is -2.08. The number of ether oxygens (including phenoxy) is 1. The van der Waals surface area contributed by atoms with Gasteiger partial charge in [0.1, 0.15) is 5.75 Å². The smallest absolute Gasteiger partial charge is 0.255 e. The van der Waals surface area contributed by atoms with Crippen molar-refractivity contribution < 1.29 is 9.53 Å². The van der Waals surface area contributed by atoms with E-state index in [0.29, 0.717) is 28.4 Å². The van der Waals surface area contributed by atoms with Gasteiger partial charge in [0.05, 0.1) is 36.8 Å². The fourth-order valence-electron chi connectivity index (χ4n) is 1.76. The van der Waals surface area contributed by atoms with E-state index in [0.717, 1.165) is 0 Å². The van der Waals surface area contributed by atoms with Crippen LogP contribution in [0.25, 0.3) is 10.5 Å². The molecular weight excluding hydrogens is 266 g/mol. The zero-order valence-corrected chi connectivity index (χ0v) is 11.1. The zero-order valence-electron chi connectivity index (χ0n) is 10.3. The van der Waals surface area contributed by atoms with E-state index in [9.17, 15) is 4.79 Å². The number of aromatic nitrogens is 2. The Morgan fingerprint density at radius 3 is 2.79 bits per heavy atom. The van der Waals surface area contributed by atoms with Crippen LogP contribution in [0.2, 0.25) is 0 Å². The maximum atomic E-state index is 11.2. The van der Waals surface area contributed by atoms with Crippen molar-refractivity contribution >= 4 is 22.5 Å². The Kier molecular flexibility index (Phi) is 3.54. The number of hydrogen-bond acceptors (Lipinski definition) is 3. The molecule has 0 radical (unpaired) electrons. The Morgan fingerprint density at radius 2 is 2.26 bits per heavy atom. The first kappa shape index (κ1) is 13.1. The molecule has 0 aliphatic heterocycles. The molecule has 1 aromatic carbocycles. The number of carbonyl (C=O) groups is 1. The fourth-order valence-corrected chi connectivity index (χ4v) is 1.95. The normalized spacial score (nSPS) is 10.0. The van der Waals surface area contributed by atoms with E-state index in [2.05, 4.69) is 9.94 Å². The maximum Gasteiger partial charge on any atom is 0.255 e. The van der Waals surface area contributed by atoms with E-state index in [-0.39, 0.29) is 0 Å². The highest BCUT2D eigenvalue weighted by atomic mass is 35.5. The highest BCUT2D eigenvalue weighted by molar-refractivity contribution is 6.67. The van der Waals surface area contributed by atoms with E-state index in [1.165, 1.54) is 13.3 Å². The summed E-state index contributed by atoms with van der Waals surface area (Å²) in [6.45, 7) is 8.85. The minimum Gasteiger partial charge on any atom is -0.508 e. The standard InChI is InChI=1S/C13H10ClN3O2/c1-8-10(13(14)18)7-16-17(8)9-4-5-12(19-3)11(6-9)15-2/h4-7H,1,3H3. The first-order chi connectivity index (χ1) is 9.08. The fraction of sp³-hybridized carbons (Fsp3) is 0.154. The van der Waals surface area contributed by atoms with Gasteiger partial charge in [0.15, 0.2) is 0 Å². The average Bonchev–Trinajstić information content (AvgIpc) is 2.80. The molecule has 0 bridgehead atoms. The molecule has 5 nitrogen and oxygen atoms in total. The van der Waals surface area contributed by atoms with E-state index in [1.54, 1.807) is 29.8 Å². The monoisotopic (exact) mass is 275 g/mol. The molecule has 2 rings (SSSR count). The summed E-state index contributed by atoms with van der Waals surface area (Å²) in [5.41, 5.74) is 2.03. The van der Waals surface area contributed by atoms with Gasteiger partial charge in [-0.2, -0.15) is 5.10 Å². The lowest BCUT2D eigenvalue weighted by Crippen LogP contribution is -2.00. The summed E-state index contributed by atoms with van der Waals surface area (Å²) in [6, 6.07) is 5.09. The Hall–Kier alpha value is -2.32. The van der Waals surface area contributed by atoms with Crippen LogP contribution >= 0.6 is 11.6 Å². The Morgan fingerprint density at radius 1 is 1.53 bits per heavy atom. The molecule has 0 amide bonds. The minimum atomic E-state index is -0.553. The average molecular weight is 276 g/mol. The third-order valence-corrected chi connectivity index (χ3v) is 2.95. The van der Waals surface area contributed by atoms with E-state index < -0.39 is 5.24 Å². The predicted octanol–water partition coefficient (Wildman–Crippen LogP) is 3.12. The second-order valence-corrected chi connectivity index (χ2v) is 4.14. The number of nitrogens with zero attached hydrogens (tertiary/aromatic N) is 3. The second-order valence-electron chi connectivity index (χ2n) is 3.80. The molecule has 0 saturated heterocycles. The SMILES string of the molecule is [C-]#[N+]c1cc(-n2ncc(C(=O)Cl)c2C)ccc1OC. The molecule has 19 heavy (non-hydrogen) atoms. The number of hydrogen-bond donors (Lipinski definition) is 0. The number of rotatable bonds is 3. The van der Waals surface area contributed by atoms with E-state index in [4.69, 9.17) is 22.9 Å². The van der Waals surface area contributed by atoms with Gasteiger partial charge in [-0.1, -0.05) is 0 Å². The number of carbonyl (C=O) groups excluding carboxylic acids is 1.